The highest BCUT2D eigenvalue weighted by Crippen LogP contribution is 2.32. The predicted octanol–water partition coefficient (Wildman–Crippen LogP) is 3.71. The molecular weight excluding hydrogens is 273 g/mol. The van der Waals surface area contributed by atoms with E-state index in [1.807, 2.05) is 13.0 Å². The summed E-state index contributed by atoms with van der Waals surface area (Å²) in [6.07, 6.45) is 3.48. The van der Waals surface area contributed by atoms with Crippen LogP contribution in [0.5, 0.6) is 0 Å². The van der Waals surface area contributed by atoms with Crippen LogP contribution in [0.4, 0.5) is 4.39 Å². The average molecular weight is 291 g/mol. The van der Waals surface area contributed by atoms with E-state index in [1.54, 1.807) is 23.5 Å². The van der Waals surface area contributed by atoms with E-state index in [0.29, 0.717) is 6.04 Å². The summed E-state index contributed by atoms with van der Waals surface area (Å²) < 4.78 is 13.4. The first-order chi connectivity index (χ1) is 9.72. The van der Waals surface area contributed by atoms with Crippen LogP contribution in [0.3, 0.4) is 0 Å². The van der Waals surface area contributed by atoms with Crippen LogP contribution in [-0.2, 0) is 6.54 Å². The van der Waals surface area contributed by atoms with Gasteiger partial charge in [0.25, 0.3) is 0 Å². The molecule has 106 valence electrons. The van der Waals surface area contributed by atoms with Crippen LogP contribution in [0.1, 0.15) is 40.9 Å². The molecule has 1 atom stereocenters. The van der Waals surface area contributed by atoms with Gasteiger partial charge in [-0.3, -0.25) is 4.90 Å². The van der Waals surface area contributed by atoms with Crippen molar-refractivity contribution in [2.45, 2.75) is 38.8 Å². The second-order valence-corrected chi connectivity index (χ2v) is 6.52. The van der Waals surface area contributed by atoms with E-state index in [9.17, 15) is 4.39 Å². The lowest BCUT2D eigenvalue weighted by atomic mass is 9.95. The molecule has 3 nitrogen and oxygen atoms in total. The second kappa shape index (κ2) is 5.97. The van der Waals surface area contributed by atoms with E-state index < -0.39 is 0 Å². The van der Waals surface area contributed by atoms with E-state index in [4.69, 9.17) is 0 Å². The molecular formula is C15H18FN3S. The first-order valence-corrected chi connectivity index (χ1v) is 7.82. The molecule has 2 heterocycles. The van der Waals surface area contributed by atoms with Gasteiger partial charge in [0.15, 0.2) is 0 Å². The van der Waals surface area contributed by atoms with Crippen molar-refractivity contribution in [2.75, 3.05) is 6.54 Å². The first kappa shape index (κ1) is 13.6. The lowest BCUT2D eigenvalue weighted by Gasteiger charge is -2.35. The highest BCUT2D eigenvalue weighted by Gasteiger charge is 2.25. The largest absolute Gasteiger partial charge is 0.290 e. The number of halogens is 1. The van der Waals surface area contributed by atoms with Gasteiger partial charge in [0.2, 0.25) is 0 Å². The molecule has 5 heteroatoms. The zero-order chi connectivity index (χ0) is 13.9. The van der Waals surface area contributed by atoms with Gasteiger partial charge in [-0.15, -0.1) is 21.5 Å². The lowest BCUT2D eigenvalue weighted by Crippen LogP contribution is -2.32. The van der Waals surface area contributed by atoms with E-state index in [-0.39, 0.29) is 5.82 Å². The number of piperidine rings is 1. The van der Waals surface area contributed by atoms with E-state index in [0.717, 1.165) is 35.1 Å². The van der Waals surface area contributed by atoms with Crippen molar-refractivity contribution in [1.29, 1.82) is 0 Å². The third-order valence-corrected chi connectivity index (χ3v) is 4.58. The summed E-state index contributed by atoms with van der Waals surface area (Å²) >= 11 is 1.64. The zero-order valence-corrected chi connectivity index (χ0v) is 12.4. The molecule has 0 unspecified atom stereocenters. The second-order valence-electron chi connectivity index (χ2n) is 5.25. The van der Waals surface area contributed by atoms with Gasteiger partial charge in [0, 0.05) is 6.04 Å². The van der Waals surface area contributed by atoms with E-state index >= 15 is 0 Å². The summed E-state index contributed by atoms with van der Waals surface area (Å²) in [7, 11) is 0. The van der Waals surface area contributed by atoms with Crippen molar-refractivity contribution in [2.24, 2.45) is 0 Å². The van der Waals surface area contributed by atoms with Crippen molar-refractivity contribution < 1.29 is 4.39 Å². The molecule has 1 aromatic heterocycles. The SMILES string of the molecule is Cc1nnc(CN2CCCC[C@H]2c2cccc(F)c2)s1. The molecule has 3 rings (SSSR count). The molecule has 0 saturated carbocycles. The highest BCUT2D eigenvalue weighted by molar-refractivity contribution is 7.11. The maximum Gasteiger partial charge on any atom is 0.131 e. The van der Waals surface area contributed by atoms with Gasteiger partial charge in [-0.25, -0.2) is 4.39 Å². The van der Waals surface area contributed by atoms with E-state index in [2.05, 4.69) is 15.1 Å². The Bertz CT molecular complexity index is 584. The molecule has 2 aromatic rings. The predicted molar refractivity (Wildman–Crippen MR) is 78.0 cm³/mol. The summed E-state index contributed by atoms with van der Waals surface area (Å²) in [6.45, 7) is 3.83. The maximum absolute atomic E-state index is 13.4. The summed E-state index contributed by atoms with van der Waals surface area (Å²) in [5.41, 5.74) is 1.07. The standard InChI is InChI=1S/C15H18FN3S/c1-11-17-18-15(20-11)10-19-8-3-2-7-14(19)12-5-4-6-13(16)9-12/h4-6,9,14H,2-3,7-8,10H2,1H3/t14-/m0/s1. The quantitative estimate of drug-likeness (QED) is 0.863. The Morgan fingerprint density at radius 1 is 1.35 bits per heavy atom. The van der Waals surface area contributed by atoms with Crippen LogP contribution < -0.4 is 0 Å². The minimum absolute atomic E-state index is 0.153. The average Bonchev–Trinajstić information content (AvgIpc) is 2.85. The van der Waals surface area contributed by atoms with Crippen LogP contribution in [0, 0.1) is 12.7 Å². The van der Waals surface area contributed by atoms with Crippen molar-refractivity contribution in [1.82, 2.24) is 15.1 Å². The van der Waals surface area contributed by atoms with Crippen LogP contribution in [-0.4, -0.2) is 21.6 Å². The Morgan fingerprint density at radius 2 is 2.25 bits per heavy atom. The van der Waals surface area contributed by atoms with Gasteiger partial charge >= 0.3 is 0 Å². The number of aryl methyl sites for hydroxylation is 1. The number of aromatic nitrogens is 2. The highest BCUT2D eigenvalue weighted by atomic mass is 32.1. The molecule has 0 aliphatic carbocycles. The van der Waals surface area contributed by atoms with Crippen LogP contribution in [0.25, 0.3) is 0 Å². The molecule has 1 aliphatic heterocycles. The van der Waals surface area contributed by atoms with Gasteiger partial charge in [-0.1, -0.05) is 18.6 Å². The minimum atomic E-state index is -0.153. The van der Waals surface area contributed by atoms with Gasteiger partial charge in [0.05, 0.1) is 6.54 Å². The normalized spacial score (nSPS) is 20.2. The molecule has 1 saturated heterocycles. The lowest BCUT2D eigenvalue weighted by molar-refractivity contribution is 0.140. The van der Waals surface area contributed by atoms with Crippen LogP contribution in [0.15, 0.2) is 24.3 Å². The van der Waals surface area contributed by atoms with Gasteiger partial charge in [-0.05, 0) is 44.0 Å². The summed E-state index contributed by atoms with van der Waals surface area (Å²) in [5.74, 6) is -0.153. The summed E-state index contributed by atoms with van der Waals surface area (Å²) in [6, 6.07) is 7.28. The van der Waals surface area contributed by atoms with Crippen molar-refractivity contribution in [3.05, 3.63) is 45.7 Å². The van der Waals surface area contributed by atoms with Crippen molar-refractivity contribution in [3.63, 3.8) is 0 Å². The zero-order valence-electron chi connectivity index (χ0n) is 11.6. The smallest absolute Gasteiger partial charge is 0.131 e. The molecule has 0 radical (unpaired) electrons. The minimum Gasteiger partial charge on any atom is -0.290 e. The third-order valence-electron chi connectivity index (χ3n) is 3.75. The fourth-order valence-corrected chi connectivity index (χ4v) is 3.58. The number of rotatable bonds is 3. The van der Waals surface area contributed by atoms with Crippen molar-refractivity contribution >= 4 is 11.3 Å². The molecule has 0 spiro atoms. The fraction of sp³-hybridized carbons (Fsp3) is 0.467. The Kier molecular flexibility index (Phi) is 4.08. The Labute approximate surface area is 122 Å². The van der Waals surface area contributed by atoms with E-state index in [1.165, 1.54) is 18.9 Å². The van der Waals surface area contributed by atoms with Gasteiger partial charge in [0.1, 0.15) is 15.8 Å². The molecule has 1 aliphatic rings. The van der Waals surface area contributed by atoms with Crippen LogP contribution >= 0.6 is 11.3 Å². The molecule has 0 N–H and O–H groups in total. The molecule has 0 bridgehead atoms. The first-order valence-electron chi connectivity index (χ1n) is 7.01. The Hall–Kier alpha value is -1.33. The number of nitrogens with zero attached hydrogens (tertiary/aromatic N) is 3. The van der Waals surface area contributed by atoms with Crippen LogP contribution in [0.2, 0.25) is 0 Å². The Balaban J connectivity index is 1.80. The molecule has 1 fully saturated rings. The molecule has 0 amide bonds. The van der Waals surface area contributed by atoms with Gasteiger partial charge in [-0.2, -0.15) is 0 Å². The number of benzene rings is 1. The summed E-state index contributed by atoms with van der Waals surface area (Å²) in [4.78, 5) is 2.40. The van der Waals surface area contributed by atoms with Gasteiger partial charge < -0.3 is 0 Å². The fourth-order valence-electron chi connectivity index (χ4n) is 2.85. The topological polar surface area (TPSA) is 29.0 Å². The van der Waals surface area contributed by atoms with Crippen molar-refractivity contribution in [3.8, 4) is 0 Å². The third kappa shape index (κ3) is 3.04. The number of likely N-dealkylation sites (tertiary alicyclic amines) is 1. The Morgan fingerprint density at radius 3 is 3.00 bits per heavy atom. The molecule has 20 heavy (non-hydrogen) atoms. The number of hydrogen-bond acceptors (Lipinski definition) is 4. The maximum atomic E-state index is 13.4. The number of hydrogen-bond donors (Lipinski definition) is 0. The molecule has 1 aromatic carbocycles. The monoisotopic (exact) mass is 291 g/mol. The summed E-state index contributed by atoms with van der Waals surface area (Å²) in [5, 5.41) is 10.3.